The average Bonchev–Trinajstić information content (AvgIpc) is 2.87. The Morgan fingerprint density at radius 1 is 1.27 bits per heavy atom. The number of aliphatic hydroxyl groups excluding tert-OH is 1. The molecule has 0 fully saturated rings. The number of fused-ring (bicyclic) bond motifs is 1. The zero-order valence-electron chi connectivity index (χ0n) is 13.0. The van der Waals surface area contributed by atoms with E-state index in [1.54, 1.807) is 12.1 Å². The van der Waals surface area contributed by atoms with Crippen molar-refractivity contribution in [2.24, 2.45) is 5.73 Å². The van der Waals surface area contributed by atoms with Crippen LogP contribution in [0.25, 0.3) is 10.9 Å². The van der Waals surface area contributed by atoms with E-state index in [0.717, 1.165) is 47.8 Å². The fraction of sp³-hybridized carbons (Fsp3) is 0.471. The second kappa shape index (κ2) is 7.42. The van der Waals surface area contributed by atoms with Crippen LogP contribution in [0.1, 0.15) is 41.3 Å². The Morgan fingerprint density at radius 2 is 2.05 bits per heavy atom. The third-order valence-electron chi connectivity index (χ3n) is 3.97. The number of nitrogens with two attached hydrogens (primary N) is 1. The van der Waals surface area contributed by atoms with E-state index in [2.05, 4.69) is 10.8 Å². The van der Waals surface area contributed by atoms with Crippen molar-refractivity contribution in [1.29, 1.82) is 0 Å². The van der Waals surface area contributed by atoms with E-state index in [0.29, 0.717) is 18.5 Å². The highest BCUT2D eigenvalue weighted by atomic mass is 16.4. The summed E-state index contributed by atoms with van der Waals surface area (Å²) in [6, 6.07) is 3.52. The van der Waals surface area contributed by atoms with Crippen molar-refractivity contribution < 1.29 is 15.0 Å². The predicted molar refractivity (Wildman–Crippen MR) is 87.4 cm³/mol. The van der Waals surface area contributed by atoms with Gasteiger partial charge >= 0.3 is 5.97 Å². The molecule has 0 aliphatic rings. The molecule has 0 atom stereocenters. The van der Waals surface area contributed by atoms with Crippen LogP contribution in [0, 0.1) is 0 Å². The maximum Gasteiger partial charge on any atom is 0.335 e. The molecular formula is C17H24N2O3. The molecule has 1 aromatic heterocycles. The van der Waals surface area contributed by atoms with Gasteiger partial charge in [-0.2, -0.15) is 0 Å². The molecule has 0 bridgehead atoms. The van der Waals surface area contributed by atoms with Crippen LogP contribution < -0.4 is 5.73 Å². The molecule has 0 spiro atoms. The van der Waals surface area contributed by atoms with Crippen molar-refractivity contribution in [3.63, 3.8) is 0 Å². The van der Waals surface area contributed by atoms with Gasteiger partial charge in [-0.05, 0) is 55.5 Å². The molecule has 5 nitrogen and oxygen atoms in total. The molecule has 1 aromatic carbocycles. The Balaban J connectivity index is 2.61. The van der Waals surface area contributed by atoms with E-state index in [-0.39, 0.29) is 6.61 Å². The van der Waals surface area contributed by atoms with Crippen LogP contribution in [-0.2, 0) is 19.4 Å². The van der Waals surface area contributed by atoms with Gasteiger partial charge < -0.3 is 20.5 Å². The van der Waals surface area contributed by atoms with Crippen molar-refractivity contribution in [3.05, 3.63) is 35.0 Å². The minimum atomic E-state index is -0.903. The Labute approximate surface area is 130 Å². The first-order chi connectivity index (χ1) is 10.6. The van der Waals surface area contributed by atoms with E-state index in [1.165, 1.54) is 0 Å². The summed E-state index contributed by atoms with van der Waals surface area (Å²) in [5, 5.41) is 19.4. The number of rotatable bonds is 8. The highest BCUT2D eigenvalue weighted by Crippen LogP contribution is 2.28. The lowest BCUT2D eigenvalue weighted by atomic mass is 10.0. The largest absolute Gasteiger partial charge is 0.478 e. The lowest BCUT2D eigenvalue weighted by molar-refractivity contribution is 0.0697. The minimum Gasteiger partial charge on any atom is -0.478 e. The van der Waals surface area contributed by atoms with Gasteiger partial charge in [-0.25, -0.2) is 4.79 Å². The van der Waals surface area contributed by atoms with Crippen LogP contribution in [-0.4, -0.2) is 33.9 Å². The second-order valence-electron chi connectivity index (χ2n) is 5.51. The van der Waals surface area contributed by atoms with E-state index in [4.69, 9.17) is 10.8 Å². The molecule has 1 heterocycles. The fourth-order valence-electron chi connectivity index (χ4n) is 2.90. The van der Waals surface area contributed by atoms with Crippen LogP contribution >= 0.6 is 0 Å². The molecule has 0 saturated carbocycles. The van der Waals surface area contributed by atoms with E-state index < -0.39 is 5.97 Å². The third-order valence-corrected chi connectivity index (χ3v) is 3.97. The van der Waals surface area contributed by atoms with Gasteiger partial charge in [0.1, 0.15) is 0 Å². The Bertz CT molecular complexity index is 661. The number of aromatic nitrogens is 1. The summed E-state index contributed by atoms with van der Waals surface area (Å²) >= 11 is 0. The van der Waals surface area contributed by atoms with Gasteiger partial charge in [0.05, 0.1) is 11.1 Å². The lowest BCUT2D eigenvalue weighted by Gasteiger charge is -2.09. The summed E-state index contributed by atoms with van der Waals surface area (Å²) in [4.78, 5) is 11.4. The molecule has 0 aliphatic carbocycles. The number of carbonyl (C=O) groups is 1. The lowest BCUT2D eigenvalue weighted by Crippen LogP contribution is -2.06. The van der Waals surface area contributed by atoms with Gasteiger partial charge in [0.15, 0.2) is 0 Å². The third kappa shape index (κ3) is 3.31. The minimum absolute atomic E-state index is 0.134. The number of aryl methyl sites for hydroxylation is 3. The van der Waals surface area contributed by atoms with E-state index >= 15 is 0 Å². The molecule has 2 aromatic rings. The number of benzene rings is 1. The van der Waals surface area contributed by atoms with Crippen molar-refractivity contribution in [3.8, 4) is 0 Å². The number of carboxylic acids is 1. The van der Waals surface area contributed by atoms with Crippen LogP contribution in [0.15, 0.2) is 18.3 Å². The number of aromatic carboxylic acids is 1. The molecule has 120 valence electrons. The number of aliphatic hydroxyl groups is 1. The van der Waals surface area contributed by atoms with Crippen LogP contribution in [0.2, 0.25) is 0 Å². The van der Waals surface area contributed by atoms with Crippen molar-refractivity contribution in [1.82, 2.24) is 4.57 Å². The first kappa shape index (κ1) is 16.5. The van der Waals surface area contributed by atoms with Gasteiger partial charge in [0, 0.05) is 24.7 Å². The molecule has 0 amide bonds. The monoisotopic (exact) mass is 304 g/mol. The summed E-state index contributed by atoms with van der Waals surface area (Å²) < 4.78 is 2.18. The summed E-state index contributed by atoms with van der Waals surface area (Å²) in [6.45, 7) is 3.62. The molecule has 0 aliphatic heterocycles. The summed E-state index contributed by atoms with van der Waals surface area (Å²) in [7, 11) is 0. The zero-order valence-corrected chi connectivity index (χ0v) is 13.0. The average molecular weight is 304 g/mol. The zero-order chi connectivity index (χ0) is 16.1. The van der Waals surface area contributed by atoms with Crippen LogP contribution in [0.4, 0.5) is 0 Å². The SMILES string of the molecule is CCc1cc(C(=O)O)cc2c(CCCO)cn(CCCN)c12. The topological polar surface area (TPSA) is 88.5 Å². The quantitative estimate of drug-likeness (QED) is 0.697. The first-order valence-electron chi connectivity index (χ1n) is 7.81. The van der Waals surface area contributed by atoms with Gasteiger partial charge in [-0.3, -0.25) is 0 Å². The van der Waals surface area contributed by atoms with Crippen LogP contribution in [0.5, 0.6) is 0 Å². The normalized spacial score (nSPS) is 11.2. The molecule has 0 radical (unpaired) electrons. The van der Waals surface area contributed by atoms with Crippen molar-refractivity contribution >= 4 is 16.9 Å². The summed E-state index contributed by atoms with van der Waals surface area (Å²) in [5.41, 5.74) is 9.19. The Kier molecular flexibility index (Phi) is 5.57. The molecular weight excluding hydrogens is 280 g/mol. The molecule has 0 saturated heterocycles. The van der Waals surface area contributed by atoms with Gasteiger partial charge in [0.2, 0.25) is 0 Å². The Morgan fingerprint density at radius 3 is 2.64 bits per heavy atom. The van der Waals surface area contributed by atoms with Crippen molar-refractivity contribution in [2.75, 3.05) is 13.2 Å². The van der Waals surface area contributed by atoms with Crippen LogP contribution in [0.3, 0.4) is 0 Å². The van der Waals surface area contributed by atoms with E-state index in [9.17, 15) is 9.90 Å². The van der Waals surface area contributed by atoms with Crippen molar-refractivity contribution in [2.45, 2.75) is 39.2 Å². The number of hydrogen-bond acceptors (Lipinski definition) is 3. The Hall–Kier alpha value is -1.85. The first-order valence-corrected chi connectivity index (χ1v) is 7.81. The molecule has 5 heteroatoms. The fourth-order valence-corrected chi connectivity index (χ4v) is 2.90. The van der Waals surface area contributed by atoms with Gasteiger partial charge in [0.25, 0.3) is 0 Å². The highest BCUT2D eigenvalue weighted by Gasteiger charge is 2.15. The number of nitrogens with zero attached hydrogens (tertiary/aromatic N) is 1. The van der Waals surface area contributed by atoms with E-state index in [1.807, 2.05) is 6.92 Å². The molecule has 22 heavy (non-hydrogen) atoms. The number of carboxylic acid groups (broad SMARTS) is 1. The standard InChI is InChI=1S/C17H24N2O3/c1-2-12-9-14(17(21)22)10-15-13(5-3-8-20)11-19(16(12)15)7-4-6-18/h9-11,20H,2-8,18H2,1H3,(H,21,22). The molecule has 4 N–H and O–H groups in total. The molecule has 0 unspecified atom stereocenters. The summed E-state index contributed by atoms with van der Waals surface area (Å²) in [6.07, 6.45) is 5.17. The predicted octanol–water partition coefficient (Wildman–Crippen LogP) is 2.18. The maximum atomic E-state index is 11.4. The second-order valence-corrected chi connectivity index (χ2v) is 5.51. The smallest absolute Gasteiger partial charge is 0.335 e. The van der Waals surface area contributed by atoms with Gasteiger partial charge in [-0.15, -0.1) is 0 Å². The summed E-state index contributed by atoms with van der Waals surface area (Å²) in [5.74, 6) is -0.903. The highest BCUT2D eigenvalue weighted by molar-refractivity contribution is 5.96. The molecule has 2 rings (SSSR count). The maximum absolute atomic E-state index is 11.4. The van der Waals surface area contributed by atoms with Gasteiger partial charge in [-0.1, -0.05) is 6.92 Å². The number of hydrogen-bond donors (Lipinski definition) is 3.